The summed E-state index contributed by atoms with van der Waals surface area (Å²) in [6.07, 6.45) is 3.67. The third-order valence-electron chi connectivity index (χ3n) is 2.79. The maximum absolute atomic E-state index is 13.1. The molecule has 1 aromatic carbocycles. The van der Waals surface area contributed by atoms with Crippen LogP contribution in [0.2, 0.25) is 0 Å². The smallest absolute Gasteiger partial charge is 0.130 e. The van der Waals surface area contributed by atoms with Crippen LogP contribution in [0.3, 0.4) is 0 Å². The number of halogens is 1. The molecule has 1 atom stereocenters. The number of nitrogens with zero attached hydrogens (tertiary/aromatic N) is 2. The van der Waals surface area contributed by atoms with Crippen molar-refractivity contribution in [1.82, 2.24) is 9.55 Å². The number of hydrogen-bond donors (Lipinski definition) is 1. The minimum absolute atomic E-state index is 0.0832. The molecule has 2 aromatic rings. The van der Waals surface area contributed by atoms with Crippen LogP contribution in [-0.4, -0.2) is 9.55 Å². The third-order valence-corrected chi connectivity index (χ3v) is 2.79. The zero-order valence-electron chi connectivity index (χ0n) is 10.2. The predicted octanol–water partition coefficient (Wildman–Crippen LogP) is 3.04. The summed E-state index contributed by atoms with van der Waals surface area (Å²) in [6.45, 7) is 3.78. The van der Waals surface area contributed by atoms with E-state index in [9.17, 15) is 4.39 Å². The highest BCUT2D eigenvalue weighted by Gasteiger charge is 2.10. The molecule has 0 aliphatic heterocycles. The number of benzene rings is 1. The Morgan fingerprint density at radius 2 is 2.18 bits per heavy atom. The molecule has 4 heteroatoms. The molecule has 1 unspecified atom stereocenters. The first-order chi connectivity index (χ1) is 8.08. The molecule has 0 saturated heterocycles. The molecule has 0 aliphatic rings. The normalized spacial score (nSPS) is 12.5. The van der Waals surface area contributed by atoms with Gasteiger partial charge >= 0.3 is 0 Å². The number of nitrogens with one attached hydrogen (secondary N) is 1. The molecule has 0 amide bonds. The molecule has 0 spiro atoms. The molecule has 0 aliphatic carbocycles. The van der Waals surface area contributed by atoms with Crippen LogP contribution in [0.15, 0.2) is 30.6 Å². The molecule has 1 N–H and O–H groups in total. The zero-order valence-corrected chi connectivity index (χ0v) is 10.2. The summed E-state index contributed by atoms with van der Waals surface area (Å²) in [4.78, 5) is 4.28. The van der Waals surface area contributed by atoms with Gasteiger partial charge in [0.15, 0.2) is 0 Å². The average molecular weight is 233 g/mol. The van der Waals surface area contributed by atoms with Gasteiger partial charge in [-0.2, -0.15) is 0 Å². The van der Waals surface area contributed by atoms with Crippen molar-refractivity contribution >= 4 is 5.69 Å². The van der Waals surface area contributed by atoms with Crippen LogP contribution in [0.4, 0.5) is 10.1 Å². The Bertz CT molecular complexity index is 519. The van der Waals surface area contributed by atoms with E-state index in [4.69, 9.17) is 0 Å². The van der Waals surface area contributed by atoms with Crippen LogP contribution < -0.4 is 5.32 Å². The molecule has 90 valence electrons. The van der Waals surface area contributed by atoms with Gasteiger partial charge in [-0.3, -0.25) is 0 Å². The molecular formula is C13H16FN3. The van der Waals surface area contributed by atoms with Crippen molar-refractivity contribution in [2.45, 2.75) is 19.9 Å². The fourth-order valence-corrected chi connectivity index (χ4v) is 1.84. The monoisotopic (exact) mass is 233 g/mol. The van der Waals surface area contributed by atoms with Gasteiger partial charge in [0.2, 0.25) is 0 Å². The van der Waals surface area contributed by atoms with Crippen molar-refractivity contribution in [2.24, 2.45) is 7.05 Å². The summed E-state index contributed by atoms with van der Waals surface area (Å²) >= 11 is 0. The summed E-state index contributed by atoms with van der Waals surface area (Å²) in [5, 5.41) is 3.30. The first-order valence-electron chi connectivity index (χ1n) is 5.58. The van der Waals surface area contributed by atoms with Crippen molar-refractivity contribution in [3.05, 3.63) is 47.8 Å². The van der Waals surface area contributed by atoms with Gasteiger partial charge in [0, 0.05) is 25.1 Å². The van der Waals surface area contributed by atoms with Crippen LogP contribution in [0.5, 0.6) is 0 Å². The van der Waals surface area contributed by atoms with E-state index in [1.54, 1.807) is 25.3 Å². The van der Waals surface area contributed by atoms with E-state index in [1.807, 2.05) is 24.7 Å². The number of imidazole rings is 1. The summed E-state index contributed by atoms with van der Waals surface area (Å²) in [6, 6.07) is 5.10. The fraction of sp³-hybridized carbons (Fsp3) is 0.308. The summed E-state index contributed by atoms with van der Waals surface area (Å²) in [7, 11) is 1.95. The second-order valence-corrected chi connectivity index (χ2v) is 4.23. The highest BCUT2D eigenvalue weighted by atomic mass is 19.1. The molecule has 0 bridgehead atoms. The van der Waals surface area contributed by atoms with Gasteiger partial charge in [-0.15, -0.1) is 0 Å². The first-order valence-corrected chi connectivity index (χ1v) is 5.58. The zero-order chi connectivity index (χ0) is 12.4. The van der Waals surface area contributed by atoms with E-state index < -0.39 is 0 Å². The Morgan fingerprint density at radius 1 is 1.41 bits per heavy atom. The van der Waals surface area contributed by atoms with E-state index >= 15 is 0 Å². The van der Waals surface area contributed by atoms with Crippen molar-refractivity contribution in [1.29, 1.82) is 0 Å². The van der Waals surface area contributed by atoms with Gasteiger partial charge in [-0.1, -0.05) is 0 Å². The maximum atomic E-state index is 13.1. The van der Waals surface area contributed by atoms with Crippen molar-refractivity contribution in [3.63, 3.8) is 0 Å². The quantitative estimate of drug-likeness (QED) is 0.883. The number of hydrogen-bond acceptors (Lipinski definition) is 2. The molecule has 3 nitrogen and oxygen atoms in total. The van der Waals surface area contributed by atoms with Crippen LogP contribution >= 0.6 is 0 Å². The summed E-state index contributed by atoms with van der Waals surface area (Å²) < 4.78 is 15.1. The van der Waals surface area contributed by atoms with E-state index in [1.165, 1.54) is 6.07 Å². The van der Waals surface area contributed by atoms with Crippen molar-refractivity contribution in [3.8, 4) is 0 Å². The highest BCUT2D eigenvalue weighted by molar-refractivity contribution is 5.47. The minimum Gasteiger partial charge on any atom is -0.375 e. The van der Waals surface area contributed by atoms with Gasteiger partial charge < -0.3 is 9.88 Å². The first kappa shape index (κ1) is 11.6. The lowest BCUT2D eigenvalue weighted by molar-refractivity contribution is 0.618. The highest BCUT2D eigenvalue weighted by Crippen LogP contribution is 2.19. The molecule has 1 aromatic heterocycles. The van der Waals surface area contributed by atoms with E-state index in [0.717, 1.165) is 11.5 Å². The number of rotatable bonds is 3. The molecular weight excluding hydrogens is 217 g/mol. The molecule has 17 heavy (non-hydrogen) atoms. The Hall–Kier alpha value is -1.84. The van der Waals surface area contributed by atoms with Crippen LogP contribution in [0.25, 0.3) is 0 Å². The Balaban J connectivity index is 2.16. The van der Waals surface area contributed by atoms with E-state index in [-0.39, 0.29) is 11.9 Å². The van der Waals surface area contributed by atoms with Gasteiger partial charge in [-0.25, -0.2) is 9.37 Å². The molecule has 0 fully saturated rings. The van der Waals surface area contributed by atoms with Crippen molar-refractivity contribution < 1.29 is 4.39 Å². The number of anilines is 1. The Kier molecular flexibility index (Phi) is 3.13. The summed E-state index contributed by atoms with van der Waals surface area (Å²) in [5.41, 5.74) is 1.54. The third kappa shape index (κ3) is 2.46. The molecule has 0 saturated carbocycles. The second-order valence-electron chi connectivity index (χ2n) is 4.23. The molecule has 1 heterocycles. The standard InChI is InChI=1S/C13H16FN3/c1-9-8-11(4-5-12(9)14)16-10(2)13-15-6-7-17(13)3/h4-8,10,16H,1-3H3. The lowest BCUT2D eigenvalue weighted by Gasteiger charge is -2.15. The van der Waals surface area contributed by atoms with Crippen LogP contribution in [0.1, 0.15) is 24.4 Å². The second kappa shape index (κ2) is 4.57. The number of aromatic nitrogens is 2. The predicted molar refractivity (Wildman–Crippen MR) is 66.4 cm³/mol. The topological polar surface area (TPSA) is 29.9 Å². The molecule has 2 rings (SSSR count). The Morgan fingerprint density at radius 3 is 2.76 bits per heavy atom. The van der Waals surface area contributed by atoms with Crippen LogP contribution in [0, 0.1) is 12.7 Å². The van der Waals surface area contributed by atoms with Crippen molar-refractivity contribution in [2.75, 3.05) is 5.32 Å². The minimum atomic E-state index is -0.180. The fourth-order valence-electron chi connectivity index (χ4n) is 1.84. The lowest BCUT2D eigenvalue weighted by atomic mass is 10.2. The maximum Gasteiger partial charge on any atom is 0.130 e. The van der Waals surface area contributed by atoms with Gasteiger partial charge in [-0.05, 0) is 37.6 Å². The SMILES string of the molecule is Cc1cc(NC(C)c2nccn2C)ccc1F. The van der Waals surface area contributed by atoms with Gasteiger partial charge in [0.05, 0.1) is 6.04 Å². The van der Waals surface area contributed by atoms with E-state index in [2.05, 4.69) is 10.3 Å². The summed E-state index contributed by atoms with van der Waals surface area (Å²) in [5.74, 6) is 0.771. The lowest BCUT2D eigenvalue weighted by Crippen LogP contribution is -2.11. The van der Waals surface area contributed by atoms with Crippen LogP contribution in [-0.2, 0) is 7.05 Å². The number of aryl methyl sites for hydroxylation is 2. The van der Waals surface area contributed by atoms with E-state index in [0.29, 0.717) is 5.56 Å². The average Bonchev–Trinajstić information content (AvgIpc) is 2.70. The van der Waals surface area contributed by atoms with Gasteiger partial charge in [0.25, 0.3) is 0 Å². The molecule has 0 radical (unpaired) electrons. The Labute approximate surface area is 100 Å². The largest absolute Gasteiger partial charge is 0.375 e. The van der Waals surface area contributed by atoms with Gasteiger partial charge in [0.1, 0.15) is 11.6 Å².